The Morgan fingerprint density at radius 3 is 2.02 bits per heavy atom. The van der Waals surface area contributed by atoms with E-state index in [0.29, 0.717) is 28.8 Å². The lowest BCUT2D eigenvalue weighted by Gasteiger charge is -2.22. The fourth-order valence-corrected chi connectivity index (χ4v) is 4.47. The number of aromatic nitrogens is 1. The van der Waals surface area contributed by atoms with E-state index in [-0.39, 0.29) is 12.5 Å². The Kier molecular flexibility index (Phi) is 10.2. The number of alkyl carbamates (subject to hydrolysis) is 2. The van der Waals surface area contributed by atoms with Crippen LogP contribution in [0.1, 0.15) is 48.0 Å². The summed E-state index contributed by atoms with van der Waals surface area (Å²) < 4.78 is 16.8. The number of carbonyl (C=O) groups is 2. The molecule has 4 aromatic rings. The summed E-state index contributed by atoms with van der Waals surface area (Å²) in [6.45, 7) is 10.9. The SMILES string of the molecule is CC(C)(C)OC(=O)NC(=NCCCOc1cc(Nc2ccc(Cl)cc2)cc2c1[nH]c1ccc(Cl)cc12)NC(=O)OC(C)(C)C. The number of amides is 2. The zero-order chi connectivity index (χ0) is 32.1. The van der Waals surface area contributed by atoms with E-state index in [1.54, 1.807) is 41.5 Å². The average Bonchev–Trinajstić information content (AvgIpc) is 3.25. The van der Waals surface area contributed by atoms with Gasteiger partial charge < -0.3 is 24.5 Å². The Morgan fingerprint density at radius 1 is 0.795 bits per heavy atom. The number of guanidine groups is 1. The number of ether oxygens (including phenoxy) is 3. The number of halogens is 2. The van der Waals surface area contributed by atoms with Gasteiger partial charge in [0.15, 0.2) is 0 Å². The van der Waals surface area contributed by atoms with Crippen LogP contribution in [0.15, 0.2) is 59.6 Å². The highest BCUT2D eigenvalue weighted by Gasteiger charge is 2.21. The summed E-state index contributed by atoms with van der Waals surface area (Å²) >= 11 is 12.4. The van der Waals surface area contributed by atoms with Crippen LogP contribution in [0.2, 0.25) is 10.0 Å². The smallest absolute Gasteiger partial charge is 0.414 e. The zero-order valence-corrected chi connectivity index (χ0v) is 27.1. The van der Waals surface area contributed by atoms with E-state index in [1.807, 2.05) is 54.6 Å². The molecule has 0 unspecified atom stereocenters. The molecule has 0 saturated heterocycles. The van der Waals surface area contributed by atoms with Gasteiger partial charge in [0.05, 0.1) is 12.1 Å². The molecule has 0 bridgehead atoms. The third kappa shape index (κ3) is 9.68. The summed E-state index contributed by atoms with van der Waals surface area (Å²) in [5.74, 6) is 0.548. The third-order valence-electron chi connectivity index (χ3n) is 5.84. The van der Waals surface area contributed by atoms with Gasteiger partial charge in [0, 0.05) is 56.7 Å². The van der Waals surface area contributed by atoms with E-state index in [0.717, 1.165) is 33.2 Å². The second-order valence-corrected chi connectivity index (χ2v) is 12.9. The number of aromatic amines is 1. The molecule has 0 spiro atoms. The lowest BCUT2D eigenvalue weighted by Crippen LogP contribution is -2.47. The fraction of sp³-hybridized carbons (Fsp3) is 0.344. The van der Waals surface area contributed by atoms with Crippen molar-refractivity contribution in [3.63, 3.8) is 0 Å². The van der Waals surface area contributed by atoms with E-state index in [4.69, 9.17) is 37.4 Å². The van der Waals surface area contributed by atoms with E-state index in [9.17, 15) is 9.59 Å². The van der Waals surface area contributed by atoms with E-state index in [2.05, 4.69) is 25.9 Å². The van der Waals surface area contributed by atoms with Gasteiger partial charge in [-0.1, -0.05) is 23.2 Å². The van der Waals surface area contributed by atoms with Gasteiger partial charge in [-0.25, -0.2) is 9.59 Å². The van der Waals surface area contributed by atoms with Crippen LogP contribution < -0.4 is 20.7 Å². The molecule has 12 heteroatoms. The first kappa shape index (κ1) is 32.8. The normalized spacial score (nSPS) is 11.6. The number of aliphatic imine (C=N–C) groups is 1. The number of carbonyl (C=O) groups excluding carboxylic acids is 2. The highest BCUT2D eigenvalue weighted by Crippen LogP contribution is 2.37. The molecular formula is C32H37Cl2N5O5. The number of nitrogens with one attached hydrogen (secondary N) is 4. The molecule has 4 rings (SSSR count). The van der Waals surface area contributed by atoms with Gasteiger partial charge >= 0.3 is 12.2 Å². The minimum Gasteiger partial charge on any atom is -0.491 e. The number of nitrogens with zero attached hydrogens (tertiary/aromatic N) is 1. The van der Waals surface area contributed by atoms with Crippen LogP contribution in [0.25, 0.3) is 21.8 Å². The van der Waals surface area contributed by atoms with Crippen LogP contribution in [-0.4, -0.2) is 47.5 Å². The predicted octanol–water partition coefficient (Wildman–Crippen LogP) is 8.55. The summed E-state index contributed by atoms with van der Waals surface area (Å²) in [7, 11) is 0. The molecule has 0 saturated carbocycles. The van der Waals surface area contributed by atoms with E-state index >= 15 is 0 Å². The largest absolute Gasteiger partial charge is 0.491 e. The summed E-state index contributed by atoms with van der Waals surface area (Å²) in [5.41, 5.74) is 1.98. The van der Waals surface area contributed by atoms with Gasteiger partial charge in [-0.2, -0.15) is 0 Å². The molecule has 0 aliphatic carbocycles. The minimum atomic E-state index is -0.755. The number of rotatable bonds is 7. The van der Waals surface area contributed by atoms with Gasteiger partial charge in [0.2, 0.25) is 5.96 Å². The molecule has 1 aromatic heterocycles. The molecular weight excluding hydrogens is 605 g/mol. The maximum Gasteiger partial charge on any atom is 0.414 e. The second kappa shape index (κ2) is 13.7. The lowest BCUT2D eigenvalue weighted by molar-refractivity contribution is 0.0545. The minimum absolute atomic E-state index is 0.0856. The summed E-state index contributed by atoms with van der Waals surface area (Å²) in [5, 5.41) is 11.6. The number of hydrogen-bond acceptors (Lipinski definition) is 7. The van der Waals surface area contributed by atoms with Crippen molar-refractivity contribution in [3.8, 4) is 5.75 Å². The molecule has 234 valence electrons. The molecule has 4 N–H and O–H groups in total. The Bertz CT molecular complexity index is 1640. The standard InChI is InChI=1S/C32H37Cl2N5O5/c1-31(2,3)43-29(40)38-28(39-30(41)44-32(4,5)6)35-14-7-15-42-26-18-22(36-21-11-8-19(33)9-12-21)17-24-23-16-20(34)10-13-25(23)37-27(24)26/h8-13,16-18,36-37H,7,14-15H2,1-6H3,(H2,35,38,39,40,41). The first-order valence-corrected chi connectivity index (χ1v) is 14.9. The maximum atomic E-state index is 12.4. The highest BCUT2D eigenvalue weighted by atomic mass is 35.5. The molecule has 1 heterocycles. The van der Waals surface area contributed by atoms with Crippen molar-refractivity contribution in [2.75, 3.05) is 18.5 Å². The van der Waals surface area contributed by atoms with E-state index < -0.39 is 23.4 Å². The van der Waals surface area contributed by atoms with Gasteiger partial charge in [0.25, 0.3) is 0 Å². The molecule has 3 aromatic carbocycles. The highest BCUT2D eigenvalue weighted by molar-refractivity contribution is 6.32. The molecule has 44 heavy (non-hydrogen) atoms. The first-order chi connectivity index (χ1) is 20.6. The Hall–Kier alpha value is -4.15. The Morgan fingerprint density at radius 2 is 1.41 bits per heavy atom. The van der Waals surface area contributed by atoms with E-state index in [1.165, 1.54) is 0 Å². The second-order valence-electron chi connectivity index (χ2n) is 12.0. The van der Waals surface area contributed by atoms with Crippen LogP contribution in [0.3, 0.4) is 0 Å². The third-order valence-corrected chi connectivity index (χ3v) is 6.32. The first-order valence-electron chi connectivity index (χ1n) is 14.1. The fourth-order valence-electron chi connectivity index (χ4n) is 4.17. The topological polar surface area (TPSA) is 126 Å². The van der Waals surface area contributed by atoms with Crippen LogP contribution in [0.5, 0.6) is 5.75 Å². The molecule has 2 amide bonds. The van der Waals surface area contributed by atoms with Crippen molar-refractivity contribution in [1.82, 2.24) is 15.6 Å². The van der Waals surface area contributed by atoms with Gasteiger partial charge in [0.1, 0.15) is 17.0 Å². The molecule has 0 aliphatic heterocycles. The van der Waals surface area contributed by atoms with Crippen LogP contribution >= 0.6 is 23.2 Å². The van der Waals surface area contributed by atoms with Crippen molar-refractivity contribution in [2.24, 2.45) is 4.99 Å². The molecule has 0 aliphatic rings. The molecule has 0 atom stereocenters. The number of H-pyrrole nitrogens is 1. The lowest BCUT2D eigenvalue weighted by atomic mass is 10.1. The van der Waals surface area contributed by atoms with Crippen molar-refractivity contribution in [1.29, 1.82) is 0 Å². The average molecular weight is 643 g/mol. The van der Waals surface area contributed by atoms with Crippen molar-refractivity contribution < 1.29 is 23.8 Å². The summed E-state index contributed by atoms with van der Waals surface area (Å²) in [4.78, 5) is 32.5. The maximum absolute atomic E-state index is 12.4. The van der Waals surface area contributed by atoms with Crippen molar-refractivity contribution in [2.45, 2.75) is 59.2 Å². The van der Waals surface area contributed by atoms with Crippen LogP contribution in [-0.2, 0) is 9.47 Å². The molecule has 0 fully saturated rings. The number of hydrogen-bond donors (Lipinski definition) is 4. The monoisotopic (exact) mass is 641 g/mol. The number of anilines is 2. The summed E-state index contributed by atoms with van der Waals surface area (Å²) in [6, 6.07) is 17.0. The van der Waals surface area contributed by atoms with Crippen molar-refractivity contribution >= 4 is 74.5 Å². The van der Waals surface area contributed by atoms with Crippen LogP contribution in [0.4, 0.5) is 21.0 Å². The zero-order valence-electron chi connectivity index (χ0n) is 25.6. The Balaban J connectivity index is 1.50. The predicted molar refractivity (Wildman–Crippen MR) is 177 cm³/mol. The van der Waals surface area contributed by atoms with Gasteiger partial charge in [-0.15, -0.1) is 0 Å². The molecule has 10 nitrogen and oxygen atoms in total. The summed E-state index contributed by atoms with van der Waals surface area (Å²) in [6.07, 6.45) is -1.04. The van der Waals surface area contributed by atoms with Gasteiger partial charge in [-0.05, 0) is 90.1 Å². The number of fused-ring (bicyclic) bond motifs is 3. The Labute approximate surface area is 266 Å². The quantitative estimate of drug-likeness (QED) is 0.0910. The van der Waals surface area contributed by atoms with Crippen LogP contribution in [0, 0.1) is 0 Å². The van der Waals surface area contributed by atoms with Gasteiger partial charge in [-0.3, -0.25) is 15.6 Å². The van der Waals surface area contributed by atoms with Crippen molar-refractivity contribution in [3.05, 3.63) is 64.6 Å². The molecule has 0 radical (unpaired) electrons. The number of benzene rings is 3.